The molecule has 0 saturated carbocycles. The van der Waals surface area contributed by atoms with Gasteiger partial charge in [-0.15, -0.1) is 0 Å². The zero-order valence-corrected chi connectivity index (χ0v) is 11.9. The Kier molecular flexibility index (Phi) is 3.74. The molecule has 0 spiro atoms. The molecule has 3 heteroatoms. The molecule has 3 nitrogen and oxygen atoms in total. The molecule has 1 aromatic carbocycles. The van der Waals surface area contributed by atoms with Gasteiger partial charge < -0.3 is 4.74 Å². The van der Waals surface area contributed by atoms with Crippen LogP contribution in [-0.4, -0.2) is 17.6 Å². The second-order valence-electron chi connectivity index (χ2n) is 4.47. The molecule has 0 atom stereocenters. The molecule has 0 unspecified atom stereocenters. The number of ether oxygens (including phenoxy) is 1. The Morgan fingerprint density at radius 1 is 1.42 bits per heavy atom. The van der Waals surface area contributed by atoms with E-state index in [1.165, 1.54) is 5.56 Å². The van der Waals surface area contributed by atoms with Crippen molar-refractivity contribution >= 4 is 16.8 Å². The zero-order chi connectivity index (χ0) is 14.0. The van der Waals surface area contributed by atoms with E-state index in [0.29, 0.717) is 0 Å². The van der Waals surface area contributed by atoms with E-state index in [2.05, 4.69) is 6.92 Å². The number of rotatable bonds is 3. The molecule has 1 aromatic heterocycles. The van der Waals surface area contributed by atoms with Crippen LogP contribution < -0.4 is 4.74 Å². The van der Waals surface area contributed by atoms with E-state index in [4.69, 9.17) is 4.74 Å². The van der Waals surface area contributed by atoms with Crippen molar-refractivity contribution in [3.8, 4) is 5.75 Å². The van der Waals surface area contributed by atoms with Gasteiger partial charge in [-0.25, -0.2) is 0 Å². The summed E-state index contributed by atoms with van der Waals surface area (Å²) in [5, 5.41) is 1.09. The lowest BCUT2D eigenvalue weighted by Gasteiger charge is -2.04. The second-order valence-corrected chi connectivity index (χ2v) is 4.47. The van der Waals surface area contributed by atoms with Crippen molar-refractivity contribution < 1.29 is 9.53 Å². The maximum atomic E-state index is 12.2. The highest BCUT2D eigenvalue weighted by Crippen LogP contribution is 2.29. The summed E-state index contributed by atoms with van der Waals surface area (Å²) in [5.74, 6) is 0.813. The third-order valence-corrected chi connectivity index (χ3v) is 3.43. The van der Waals surface area contributed by atoms with Crippen LogP contribution in [0, 0.1) is 6.92 Å². The molecule has 19 heavy (non-hydrogen) atoms. The van der Waals surface area contributed by atoms with Crippen molar-refractivity contribution in [2.75, 3.05) is 7.11 Å². The Morgan fingerprint density at radius 3 is 2.74 bits per heavy atom. The highest BCUT2D eigenvalue weighted by atomic mass is 16.5. The van der Waals surface area contributed by atoms with E-state index in [1.54, 1.807) is 23.8 Å². The molecule has 0 N–H and O–H groups in total. The normalized spacial score (nSPS) is 11.4. The van der Waals surface area contributed by atoms with Crippen LogP contribution in [0.3, 0.4) is 0 Å². The minimum Gasteiger partial charge on any atom is -0.497 e. The molecular weight excluding hydrogens is 238 g/mol. The summed E-state index contributed by atoms with van der Waals surface area (Å²) in [5.41, 5.74) is 3.15. The molecule has 0 aliphatic carbocycles. The monoisotopic (exact) mass is 257 g/mol. The highest BCUT2D eigenvalue weighted by Gasteiger charge is 2.16. The molecular formula is C16H19NO2. The molecule has 0 radical (unpaired) electrons. The summed E-state index contributed by atoms with van der Waals surface area (Å²) in [6, 6.07) is 5.84. The van der Waals surface area contributed by atoms with Gasteiger partial charge in [0.2, 0.25) is 0 Å². The van der Waals surface area contributed by atoms with E-state index in [1.807, 2.05) is 32.0 Å². The van der Waals surface area contributed by atoms with Crippen LogP contribution in [0.1, 0.15) is 29.9 Å². The molecule has 2 rings (SSSR count). The highest BCUT2D eigenvalue weighted by molar-refractivity contribution is 6.01. The van der Waals surface area contributed by atoms with Gasteiger partial charge in [-0.05, 0) is 50.1 Å². The van der Waals surface area contributed by atoms with Gasteiger partial charge in [-0.3, -0.25) is 9.36 Å². The number of benzene rings is 1. The SMILES string of the molecule is C/C=C/C(=O)n1c(C)c(CC)c2cc(OC)ccc21. The maximum absolute atomic E-state index is 12.2. The summed E-state index contributed by atoms with van der Waals surface area (Å²) in [7, 11) is 1.65. The number of hydrogen-bond acceptors (Lipinski definition) is 2. The topological polar surface area (TPSA) is 31.2 Å². The summed E-state index contributed by atoms with van der Waals surface area (Å²) in [6.07, 6.45) is 4.25. The third-order valence-electron chi connectivity index (χ3n) is 3.43. The van der Waals surface area contributed by atoms with Crippen LogP contribution >= 0.6 is 0 Å². The lowest BCUT2D eigenvalue weighted by Crippen LogP contribution is -2.09. The fourth-order valence-electron chi connectivity index (χ4n) is 2.54. The van der Waals surface area contributed by atoms with E-state index in [-0.39, 0.29) is 5.91 Å². The maximum Gasteiger partial charge on any atom is 0.254 e. The number of hydrogen-bond donors (Lipinski definition) is 0. The number of fused-ring (bicyclic) bond motifs is 1. The fraction of sp³-hybridized carbons (Fsp3) is 0.312. The van der Waals surface area contributed by atoms with Gasteiger partial charge in [0.05, 0.1) is 12.6 Å². The molecule has 0 bridgehead atoms. The Bertz CT molecular complexity index is 650. The predicted molar refractivity (Wildman–Crippen MR) is 78.0 cm³/mol. The average molecular weight is 257 g/mol. The van der Waals surface area contributed by atoms with E-state index in [9.17, 15) is 4.79 Å². The number of carbonyl (C=O) groups is 1. The lowest BCUT2D eigenvalue weighted by molar-refractivity contribution is 0.0971. The minimum absolute atomic E-state index is 0.00475. The van der Waals surface area contributed by atoms with Gasteiger partial charge in [0, 0.05) is 11.1 Å². The van der Waals surface area contributed by atoms with Crippen LogP contribution in [0.4, 0.5) is 0 Å². The van der Waals surface area contributed by atoms with E-state index in [0.717, 1.165) is 28.8 Å². The molecule has 0 saturated heterocycles. The van der Waals surface area contributed by atoms with Crippen molar-refractivity contribution in [1.29, 1.82) is 0 Å². The molecule has 0 amide bonds. The van der Waals surface area contributed by atoms with Gasteiger partial charge in [0.1, 0.15) is 5.75 Å². The van der Waals surface area contributed by atoms with E-state index >= 15 is 0 Å². The standard InChI is InChI=1S/C16H19NO2/c1-5-7-16(18)17-11(3)13(6-2)14-10-12(19-4)8-9-15(14)17/h5,7-10H,6H2,1-4H3/b7-5+. The van der Waals surface area contributed by atoms with Crippen LogP contribution in [0.15, 0.2) is 30.4 Å². The minimum atomic E-state index is -0.00475. The van der Waals surface area contributed by atoms with Crippen LogP contribution in [0.5, 0.6) is 5.75 Å². The first-order chi connectivity index (χ1) is 9.13. The Labute approximate surface area is 113 Å². The fourth-order valence-corrected chi connectivity index (χ4v) is 2.54. The van der Waals surface area contributed by atoms with Crippen LogP contribution in [0.25, 0.3) is 10.9 Å². The average Bonchev–Trinajstić information content (AvgIpc) is 2.69. The molecule has 1 heterocycles. The van der Waals surface area contributed by atoms with Gasteiger partial charge in [-0.2, -0.15) is 0 Å². The van der Waals surface area contributed by atoms with Gasteiger partial charge in [0.15, 0.2) is 0 Å². The van der Waals surface area contributed by atoms with Crippen molar-refractivity contribution in [2.24, 2.45) is 0 Å². The number of nitrogens with zero attached hydrogens (tertiary/aromatic N) is 1. The molecule has 0 aliphatic rings. The molecule has 0 aliphatic heterocycles. The smallest absolute Gasteiger partial charge is 0.254 e. The summed E-state index contributed by atoms with van der Waals surface area (Å²) < 4.78 is 7.04. The summed E-state index contributed by atoms with van der Waals surface area (Å²) in [4.78, 5) is 12.2. The molecule has 0 fully saturated rings. The van der Waals surface area contributed by atoms with Crippen molar-refractivity contribution in [3.63, 3.8) is 0 Å². The molecule has 100 valence electrons. The number of carbonyl (C=O) groups excluding carboxylic acids is 1. The third kappa shape index (κ3) is 2.16. The van der Waals surface area contributed by atoms with Gasteiger partial charge in [0.25, 0.3) is 5.91 Å². The van der Waals surface area contributed by atoms with Gasteiger partial charge >= 0.3 is 0 Å². The number of aryl methyl sites for hydroxylation is 1. The first-order valence-electron chi connectivity index (χ1n) is 6.49. The largest absolute Gasteiger partial charge is 0.497 e. The number of allylic oxidation sites excluding steroid dienone is 2. The van der Waals surface area contributed by atoms with E-state index < -0.39 is 0 Å². The zero-order valence-electron chi connectivity index (χ0n) is 11.9. The number of methoxy groups -OCH3 is 1. The Morgan fingerprint density at radius 2 is 2.16 bits per heavy atom. The lowest BCUT2D eigenvalue weighted by atomic mass is 10.1. The Hall–Kier alpha value is -2.03. The van der Waals surface area contributed by atoms with Gasteiger partial charge in [-0.1, -0.05) is 13.0 Å². The predicted octanol–water partition coefficient (Wildman–Crippen LogP) is 3.74. The van der Waals surface area contributed by atoms with Crippen molar-refractivity contribution in [1.82, 2.24) is 4.57 Å². The summed E-state index contributed by atoms with van der Waals surface area (Å²) >= 11 is 0. The number of aromatic nitrogens is 1. The van der Waals surface area contributed by atoms with Crippen molar-refractivity contribution in [2.45, 2.75) is 27.2 Å². The van der Waals surface area contributed by atoms with Crippen LogP contribution in [-0.2, 0) is 6.42 Å². The summed E-state index contributed by atoms with van der Waals surface area (Å²) in [6.45, 7) is 5.95. The second kappa shape index (κ2) is 5.31. The van der Waals surface area contributed by atoms with Crippen molar-refractivity contribution in [3.05, 3.63) is 41.6 Å². The first kappa shape index (κ1) is 13.4. The first-order valence-corrected chi connectivity index (χ1v) is 6.49. The quantitative estimate of drug-likeness (QED) is 0.784. The Balaban J connectivity index is 2.77. The molecule has 2 aromatic rings. The van der Waals surface area contributed by atoms with Crippen LogP contribution in [0.2, 0.25) is 0 Å².